The quantitative estimate of drug-likeness (QED) is 0.663. The van der Waals surface area contributed by atoms with Crippen molar-refractivity contribution in [3.05, 3.63) is 66.4 Å². The highest BCUT2D eigenvalue weighted by atomic mass is 32.2. The lowest BCUT2D eigenvalue weighted by molar-refractivity contribution is 0.101. The minimum absolute atomic E-state index is 0.00546. The van der Waals surface area contributed by atoms with Crippen LogP contribution >= 0.6 is 0 Å². The molecular formula is C22H23N3O4S. The second-order valence-electron chi connectivity index (χ2n) is 7.38. The van der Waals surface area contributed by atoms with E-state index in [9.17, 15) is 13.2 Å². The van der Waals surface area contributed by atoms with Gasteiger partial charge in [0.05, 0.1) is 4.90 Å². The molecule has 7 nitrogen and oxygen atoms in total. The van der Waals surface area contributed by atoms with Crippen molar-refractivity contribution in [2.24, 2.45) is 0 Å². The Balaban J connectivity index is 1.46. The third kappa shape index (κ3) is 4.15. The number of amides is 1. The van der Waals surface area contributed by atoms with Gasteiger partial charge in [0, 0.05) is 29.9 Å². The third-order valence-electron chi connectivity index (χ3n) is 5.26. The summed E-state index contributed by atoms with van der Waals surface area (Å²) in [7, 11) is -3.54. The number of sulfonamides is 1. The Kier molecular flexibility index (Phi) is 5.69. The van der Waals surface area contributed by atoms with Crippen LogP contribution in [0.1, 0.15) is 36.7 Å². The first-order valence-corrected chi connectivity index (χ1v) is 11.3. The average Bonchev–Trinajstić information content (AvgIpc) is 3.25. The number of nitrogens with one attached hydrogen (secondary N) is 1. The molecule has 156 valence electrons. The van der Waals surface area contributed by atoms with Gasteiger partial charge >= 0.3 is 0 Å². The van der Waals surface area contributed by atoms with Crippen molar-refractivity contribution in [3.63, 3.8) is 0 Å². The van der Waals surface area contributed by atoms with Crippen molar-refractivity contribution in [2.45, 2.75) is 37.1 Å². The number of hydrogen-bond acceptors (Lipinski definition) is 5. The highest BCUT2D eigenvalue weighted by molar-refractivity contribution is 7.89. The fraction of sp³-hybridized carbons (Fsp3) is 0.273. The van der Waals surface area contributed by atoms with Gasteiger partial charge in [-0.3, -0.25) is 4.79 Å². The molecule has 0 radical (unpaired) electrons. The first kappa shape index (κ1) is 20.3. The Morgan fingerprint density at radius 1 is 1.10 bits per heavy atom. The number of aromatic nitrogens is 1. The third-order valence-corrected chi connectivity index (χ3v) is 7.29. The zero-order valence-corrected chi connectivity index (χ0v) is 17.4. The molecular weight excluding hydrogens is 402 g/mol. The van der Waals surface area contributed by atoms with Crippen LogP contribution in [-0.2, 0) is 10.0 Å². The van der Waals surface area contributed by atoms with E-state index in [0.29, 0.717) is 18.0 Å². The molecule has 2 aromatic carbocycles. The van der Waals surface area contributed by atoms with Gasteiger partial charge in [-0.2, -0.15) is 4.31 Å². The standard InChI is InChI=1S/C22H23N3O4S/c1-16-7-5-6-14-25(16)30(27,28)19-12-10-18(11-13-19)23-22(26)20-15-21(29-24-20)17-8-3-2-4-9-17/h2-4,8-13,15-16H,5-7,14H2,1H3,(H,23,26)/t16-/m0/s1. The molecule has 1 fully saturated rings. The van der Waals surface area contributed by atoms with Gasteiger partial charge in [-0.15, -0.1) is 0 Å². The molecule has 1 aliphatic heterocycles. The highest BCUT2D eigenvalue weighted by Crippen LogP contribution is 2.26. The molecule has 1 aliphatic rings. The maximum absolute atomic E-state index is 12.9. The monoisotopic (exact) mass is 425 g/mol. The largest absolute Gasteiger partial charge is 0.355 e. The molecule has 1 atom stereocenters. The van der Waals surface area contributed by atoms with Gasteiger partial charge < -0.3 is 9.84 Å². The first-order valence-electron chi connectivity index (χ1n) is 9.90. The molecule has 4 rings (SSSR count). The van der Waals surface area contributed by atoms with E-state index in [2.05, 4.69) is 10.5 Å². The van der Waals surface area contributed by atoms with Crippen molar-refractivity contribution in [3.8, 4) is 11.3 Å². The van der Waals surface area contributed by atoms with Gasteiger partial charge in [-0.05, 0) is 44.0 Å². The normalized spacial score (nSPS) is 17.6. The van der Waals surface area contributed by atoms with Crippen molar-refractivity contribution in [2.75, 3.05) is 11.9 Å². The van der Waals surface area contributed by atoms with Crippen LogP contribution in [0.25, 0.3) is 11.3 Å². The summed E-state index contributed by atoms with van der Waals surface area (Å²) in [5.74, 6) is 0.0685. The lowest BCUT2D eigenvalue weighted by Crippen LogP contribution is -2.41. The second kappa shape index (κ2) is 8.41. The maximum atomic E-state index is 12.9. The number of hydrogen-bond donors (Lipinski definition) is 1. The van der Waals surface area contributed by atoms with Crippen molar-refractivity contribution >= 4 is 21.6 Å². The molecule has 8 heteroatoms. The number of rotatable bonds is 5. The van der Waals surface area contributed by atoms with Crippen LogP contribution < -0.4 is 5.32 Å². The van der Waals surface area contributed by atoms with Crippen molar-refractivity contribution < 1.29 is 17.7 Å². The van der Waals surface area contributed by atoms with Crippen LogP contribution in [0.2, 0.25) is 0 Å². The zero-order chi connectivity index (χ0) is 21.1. The summed E-state index contributed by atoms with van der Waals surface area (Å²) in [5, 5.41) is 6.55. The van der Waals surface area contributed by atoms with Gasteiger partial charge in [0.1, 0.15) is 0 Å². The molecule has 1 N–H and O–H groups in total. The molecule has 0 unspecified atom stereocenters. The Morgan fingerprint density at radius 3 is 2.53 bits per heavy atom. The summed E-state index contributed by atoms with van der Waals surface area (Å²) in [4.78, 5) is 12.7. The van der Waals surface area contributed by atoms with E-state index in [4.69, 9.17) is 4.52 Å². The molecule has 0 spiro atoms. The van der Waals surface area contributed by atoms with Crippen LogP contribution in [0, 0.1) is 0 Å². The van der Waals surface area contributed by atoms with E-state index in [0.717, 1.165) is 24.8 Å². The number of benzene rings is 2. The average molecular weight is 426 g/mol. The first-order chi connectivity index (χ1) is 14.4. The Labute approximate surface area is 175 Å². The van der Waals surface area contributed by atoms with Gasteiger partial charge in [0.25, 0.3) is 5.91 Å². The van der Waals surface area contributed by atoms with Crippen LogP contribution in [0.4, 0.5) is 5.69 Å². The smallest absolute Gasteiger partial charge is 0.277 e. The number of piperidine rings is 1. The summed E-state index contributed by atoms with van der Waals surface area (Å²) < 4.78 is 32.6. The lowest BCUT2D eigenvalue weighted by atomic mass is 10.1. The second-order valence-corrected chi connectivity index (χ2v) is 9.27. The van der Waals surface area contributed by atoms with E-state index in [1.54, 1.807) is 22.5 Å². The summed E-state index contributed by atoms with van der Waals surface area (Å²) in [6.07, 6.45) is 2.79. The van der Waals surface area contributed by atoms with Crippen molar-refractivity contribution in [1.29, 1.82) is 0 Å². The molecule has 30 heavy (non-hydrogen) atoms. The van der Waals surface area contributed by atoms with Gasteiger partial charge in [-0.1, -0.05) is 41.9 Å². The van der Waals surface area contributed by atoms with Gasteiger partial charge in [0.15, 0.2) is 11.5 Å². The minimum Gasteiger partial charge on any atom is -0.355 e. The van der Waals surface area contributed by atoms with Crippen LogP contribution in [0.15, 0.2) is 70.1 Å². The molecule has 1 saturated heterocycles. The molecule has 1 aromatic heterocycles. The van der Waals surface area contributed by atoms with E-state index in [-0.39, 0.29) is 16.6 Å². The summed E-state index contributed by atoms with van der Waals surface area (Å²) in [6, 6.07) is 17.1. The number of nitrogens with zero attached hydrogens (tertiary/aromatic N) is 2. The van der Waals surface area contributed by atoms with E-state index in [1.807, 2.05) is 37.3 Å². The predicted molar refractivity (Wildman–Crippen MR) is 114 cm³/mol. The molecule has 3 aromatic rings. The number of anilines is 1. The van der Waals surface area contributed by atoms with Gasteiger partial charge in [-0.25, -0.2) is 8.42 Å². The molecule has 1 amide bonds. The SMILES string of the molecule is C[C@H]1CCCCN1S(=O)(=O)c1ccc(NC(=O)c2cc(-c3ccccc3)on2)cc1. The molecule has 2 heterocycles. The Hall–Kier alpha value is -2.97. The maximum Gasteiger partial charge on any atom is 0.277 e. The highest BCUT2D eigenvalue weighted by Gasteiger charge is 2.30. The minimum atomic E-state index is -3.54. The topological polar surface area (TPSA) is 92.5 Å². The van der Waals surface area contributed by atoms with Crippen LogP contribution in [0.3, 0.4) is 0 Å². The fourth-order valence-electron chi connectivity index (χ4n) is 3.59. The fourth-order valence-corrected chi connectivity index (χ4v) is 5.29. The summed E-state index contributed by atoms with van der Waals surface area (Å²) >= 11 is 0. The van der Waals surface area contributed by atoms with Crippen LogP contribution in [0.5, 0.6) is 0 Å². The van der Waals surface area contributed by atoms with Crippen molar-refractivity contribution in [1.82, 2.24) is 9.46 Å². The Bertz CT molecular complexity index is 1120. The lowest BCUT2D eigenvalue weighted by Gasteiger charge is -2.32. The van der Waals surface area contributed by atoms with Crippen LogP contribution in [-0.4, -0.2) is 36.4 Å². The predicted octanol–water partition coefficient (Wildman–Crippen LogP) is 4.16. The number of carbonyl (C=O) groups excluding carboxylic acids is 1. The Morgan fingerprint density at radius 2 is 1.83 bits per heavy atom. The molecule has 0 saturated carbocycles. The van der Waals surface area contributed by atoms with E-state index in [1.165, 1.54) is 12.1 Å². The van der Waals surface area contributed by atoms with Gasteiger partial charge in [0.2, 0.25) is 10.0 Å². The molecule has 0 aliphatic carbocycles. The summed E-state index contributed by atoms with van der Waals surface area (Å²) in [5.41, 5.74) is 1.45. The zero-order valence-electron chi connectivity index (χ0n) is 16.6. The molecule has 0 bridgehead atoms. The van der Waals surface area contributed by atoms with E-state index >= 15 is 0 Å². The number of carbonyl (C=O) groups is 1. The van der Waals surface area contributed by atoms with E-state index < -0.39 is 15.9 Å². The summed E-state index contributed by atoms with van der Waals surface area (Å²) in [6.45, 7) is 2.48.